The minimum absolute atomic E-state index is 0.00990. The van der Waals surface area contributed by atoms with E-state index in [9.17, 15) is 4.79 Å². The minimum Gasteiger partial charge on any atom is -0.581 e. The fourth-order valence-electron chi connectivity index (χ4n) is 6.42. The van der Waals surface area contributed by atoms with Gasteiger partial charge >= 0.3 is 0 Å². The van der Waals surface area contributed by atoms with Crippen molar-refractivity contribution in [2.24, 2.45) is 18.8 Å². The van der Waals surface area contributed by atoms with Crippen LogP contribution < -0.4 is 21.6 Å². The Balaban J connectivity index is 1.31. The lowest BCUT2D eigenvalue weighted by Gasteiger charge is -2.42. The molecule has 1 aromatic carbocycles. The van der Waals surface area contributed by atoms with Gasteiger partial charge in [0, 0.05) is 42.4 Å². The van der Waals surface area contributed by atoms with E-state index in [1.165, 1.54) is 18.4 Å². The highest BCUT2D eigenvalue weighted by atomic mass is 32.2. The van der Waals surface area contributed by atoms with E-state index in [4.69, 9.17) is 15.6 Å². The molecular formula is C30H41N10O2S-. The highest BCUT2D eigenvalue weighted by Crippen LogP contribution is 2.40. The summed E-state index contributed by atoms with van der Waals surface area (Å²) < 4.78 is 7.70. The average molecular weight is 606 g/mol. The zero-order chi connectivity index (χ0) is 30.0. The van der Waals surface area contributed by atoms with Crippen LogP contribution in [0, 0.1) is 5.92 Å². The number of nitrogens with two attached hydrogens (primary N) is 1. The van der Waals surface area contributed by atoms with E-state index in [1.807, 2.05) is 16.5 Å². The first-order chi connectivity index (χ1) is 20.9. The van der Waals surface area contributed by atoms with Crippen molar-refractivity contribution in [3.05, 3.63) is 64.1 Å². The fraction of sp³-hybridized carbons (Fsp3) is 0.533. The quantitative estimate of drug-likeness (QED) is 0.122. The Morgan fingerprint density at radius 1 is 1.26 bits per heavy atom. The number of carbonyl (C=O) groups excluding carboxylic acids is 1. The van der Waals surface area contributed by atoms with Gasteiger partial charge in [0.05, 0.1) is 19.8 Å². The molecule has 6 rings (SSSR count). The second-order valence-corrected chi connectivity index (χ2v) is 12.9. The summed E-state index contributed by atoms with van der Waals surface area (Å²) in [7, 11) is 1.95. The van der Waals surface area contributed by atoms with Gasteiger partial charge in [-0.1, -0.05) is 6.92 Å². The molecule has 3 aliphatic rings. The predicted octanol–water partition coefficient (Wildman–Crippen LogP) is 3.00. The molecule has 13 heteroatoms. The summed E-state index contributed by atoms with van der Waals surface area (Å²) in [6, 6.07) is 8.48. The number of piperidine rings is 1. The normalized spacial score (nSPS) is 19.9. The predicted molar refractivity (Wildman–Crippen MR) is 168 cm³/mol. The van der Waals surface area contributed by atoms with Crippen LogP contribution in [0.5, 0.6) is 0 Å². The number of benzene rings is 1. The third-order valence-electron chi connectivity index (χ3n) is 8.81. The summed E-state index contributed by atoms with van der Waals surface area (Å²) in [5.41, 5.74) is 10.1. The summed E-state index contributed by atoms with van der Waals surface area (Å²) in [5.74, 6) is 8.20. The highest BCUT2D eigenvalue weighted by Gasteiger charge is 2.43. The number of rotatable bonds is 12. The van der Waals surface area contributed by atoms with Crippen LogP contribution in [0.4, 0.5) is 11.6 Å². The molecule has 3 aliphatic heterocycles. The number of hydrogen-bond acceptors (Lipinski definition) is 10. The van der Waals surface area contributed by atoms with Crippen LogP contribution in [0.2, 0.25) is 0 Å². The van der Waals surface area contributed by atoms with E-state index in [1.54, 1.807) is 18.1 Å². The van der Waals surface area contributed by atoms with Crippen molar-refractivity contribution in [1.82, 2.24) is 30.2 Å². The lowest BCUT2D eigenvalue weighted by atomic mass is 9.75. The third kappa shape index (κ3) is 6.28. The summed E-state index contributed by atoms with van der Waals surface area (Å²) in [6.45, 7) is 8.00. The van der Waals surface area contributed by atoms with E-state index in [0.29, 0.717) is 56.8 Å². The van der Waals surface area contributed by atoms with Gasteiger partial charge in [-0.25, -0.2) is 4.98 Å². The minimum atomic E-state index is -0.295. The number of ether oxygens (including phenoxy) is 1. The molecule has 0 saturated carbocycles. The van der Waals surface area contributed by atoms with Gasteiger partial charge in [0.1, 0.15) is 23.8 Å². The van der Waals surface area contributed by atoms with Crippen molar-refractivity contribution in [2.75, 3.05) is 55.9 Å². The molecule has 43 heavy (non-hydrogen) atoms. The van der Waals surface area contributed by atoms with Crippen molar-refractivity contribution in [3.63, 3.8) is 0 Å². The maximum Gasteiger partial charge on any atom is 0.260 e. The van der Waals surface area contributed by atoms with E-state index in [2.05, 4.69) is 68.8 Å². The molecular weight excluding hydrogens is 564 g/mol. The Morgan fingerprint density at radius 2 is 2.12 bits per heavy atom. The Labute approximate surface area is 257 Å². The second kappa shape index (κ2) is 12.9. The summed E-state index contributed by atoms with van der Waals surface area (Å²) in [4.78, 5) is 24.5. The van der Waals surface area contributed by atoms with Crippen molar-refractivity contribution in [2.45, 2.75) is 49.6 Å². The number of aryl methyl sites for hydroxylation is 1. The Hall–Kier alpha value is -3.07. The zero-order valence-electron chi connectivity index (χ0n) is 25.2. The van der Waals surface area contributed by atoms with Gasteiger partial charge in [-0.3, -0.25) is 20.4 Å². The standard InChI is InChI=1S/C30H41N10O2S/c1-20-5-4-8-39(14-20)15-21-9-23-24(25(10-21)43-3)16-40(29(23)41)27-12-22(11-26(35-27)32-6-7-33-37-31)30(17-42-18-30)13-28-36-34-19-38(28)2/h9-12,19-20,37H,4-8,13-18,31H2,1-3H3,(H,32,35)/q-1/t20-/m0/s1. The maximum atomic E-state index is 14.1. The monoisotopic (exact) mass is 605 g/mol. The van der Waals surface area contributed by atoms with Crippen molar-refractivity contribution >= 4 is 29.3 Å². The van der Waals surface area contributed by atoms with Gasteiger partial charge in [-0.05, 0) is 79.1 Å². The third-order valence-corrected chi connectivity index (χ3v) is 9.61. The lowest BCUT2D eigenvalue weighted by Crippen LogP contribution is -2.49. The van der Waals surface area contributed by atoms with E-state index < -0.39 is 0 Å². The van der Waals surface area contributed by atoms with Gasteiger partial charge in [-0.2, -0.15) is 0 Å². The number of aromatic nitrogens is 4. The van der Waals surface area contributed by atoms with Gasteiger partial charge in [0.2, 0.25) is 0 Å². The summed E-state index contributed by atoms with van der Waals surface area (Å²) in [5, 5.41) is 11.8. The largest absolute Gasteiger partial charge is 0.581 e. The topological polar surface area (TPSA) is 141 Å². The molecule has 0 radical (unpaired) electrons. The Bertz CT molecular complexity index is 1460. The first-order valence-electron chi connectivity index (χ1n) is 14.9. The van der Waals surface area contributed by atoms with Crippen LogP contribution in [0.3, 0.4) is 0 Å². The van der Waals surface area contributed by atoms with Crippen LogP contribution in [0.1, 0.15) is 52.6 Å². The number of pyridine rings is 1. The molecule has 0 unspecified atom stereocenters. The number of likely N-dealkylation sites (tertiary alicyclic amines) is 1. The highest BCUT2D eigenvalue weighted by molar-refractivity contribution is 7.98. The van der Waals surface area contributed by atoms with Gasteiger partial charge < -0.3 is 25.6 Å². The number of hydrogen-bond donors (Lipinski definition) is 3. The zero-order valence-corrected chi connectivity index (χ0v) is 26.0. The van der Waals surface area contributed by atoms with Gasteiger partial charge in [0.25, 0.3) is 5.91 Å². The molecule has 2 aromatic heterocycles. The molecule has 5 heterocycles. The molecule has 2 fully saturated rings. The number of fused-ring (bicyclic) bond motifs is 1. The first-order valence-corrected chi connectivity index (χ1v) is 16.1. The van der Waals surface area contributed by atoms with Crippen molar-refractivity contribution in [3.8, 4) is 0 Å². The van der Waals surface area contributed by atoms with E-state index >= 15 is 0 Å². The number of carbonyl (C=O) groups is 1. The summed E-state index contributed by atoms with van der Waals surface area (Å²) in [6.07, 6.45) is 6.99. The Morgan fingerprint density at radius 3 is 2.81 bits per heavy atom. The van der Waals surface area contributed by atoms with Crippen LogP contribution in [0.25, 0.3) is 5.43 Å². The first kappa shape index (κ1) is 30.0. The number of anilines is 2. The molecule has 230 valence electrons. The number of hydrazine groups is 1. The van der Waals surface area contributed by atoms with Crippen LogP contribution in [-0.2, 0) is 36.7 Å². The fourth-order valence-corrected chi connectivity index (χ4v) is 7.11. The van der Waals surface area contributed by atoms with Gasteiger partial charge in [-0.15, -0.1) is 28.5 Å². The molecule has 1 atom stereocenters. The number of nitrogens with one attached hydrogen (secondary N) is 2. The molecule has 0 aliphatic carbocycles. The van der Waals surface area contributed by atoms with E-state index in [-0.39, 0.29) is 11.3 Å². The number of nitrogens with zero attached hydrogens (tertiary/aromatic N) is 7. The molecule has 1 amide bonds. The van der Waals surface area contributed by atoms with Gasteiger partial charge in [0.15, 0.2) is 0 Å². The molecule has 0 bridgehead atoms. The molecule has 12 nitrogen and oxygen atoms in total. The molecule has 2 saturated heterocycles. The van der Waals surface area contributed by atoms with Crippen LogP contribution in [-0.4, -0.2) is 76.2 Å². The van der Waals surface area contributed by atoms with E-state index in [0.717, 1.165) is 47.0 Å². The SMILES string of the molecule is CSc1cc(CN2CCC[C@H](C)C2)cc2c1CN(c1cc(C3(Cc4nncn4C)COC3)cc(NCC[N-]NN)n1)C2=O. The average Bonchev–Trinajstić information content (AvgIpc) is 3.54. The van der Waals surface area contributed by atoms with Crippen molar-refractivity contribution in [1.29, 1.82) is 0 Å². The van der Waals surface area contributed by atoms with Crippen LogP contribution >= 0.6 is 11.8 Å². The molecule has 0 spiro atoms. The smallest absolute Gasteiger partial charge is 0.260 e. The Kier molecular flexibility index (Phi) is 8.98. The van der Waals surface area contributed by atoms with Crippen LogP contribution in [0.15, 0.2) is 35.5 Å². The maximum absolute atomic E-state index is 14.1. The number of thioether (sulfide) groups is 1. The summed E-state index contributed by atoms with van der Waals surface area (Å²) >= 11 is 1.70. The number of amides is 1. The second-order valence-electron chi connectivity index (χ2n) is 12.0. The molecule has 4 N–H and O–H groups in total. The lowest BCUT2D eigenvalue weighted by molar-refractivity contribution is -0.0611. The molecule has 3 aromatic rings. The van der Waals surface area contributed by atoms with Crippen molar-refractivity contribution < 1.29 is 9.53 Å².